The van der Waals surface area contributed by atoms with E-state index in [-0.39, 0.29) is 5.78 Å². The summed E-state index contributed by atoms with van der Waals surface area (Å²) >= 11 is 1.45. The fourth-order valence-corrected chi connectivity index (χ4v) is 2.54. The SMILES string of the molecule is CCCOc1ccc(C(=O)c2cccs2)cc1OCCC. The standard InChI is InChI=1S/C17H20O3S/c1-3-9-19-14-8-7-13(12-15(14)20-10-4-2)17(18)16-6-5-11-21-16/h5-8,11-12H,3-4,9-10H2,1-2H3. The first-order chi connectivity index (χ1) is 10.3. The highest BCUT2D eigenvalue weighted by atomic mass is 32.1. The summed E-state index contributed by atoms with van der Waals surface area (Å²) in [7, 11) is 0. The van der Waals surface area contributed by atoms with Crippen LogP contribution in [0.5, 0.6) is 11.5 Å². The smallest absolute Gasteiger partial charge is 0.203 e. The second kappa shape index (κ2) is 7.84. The van der Waals surface area contributed by atoms with Crippen molar-refractivity contribution < 1.29 is 14.3 Å². The number of ketones is 1. The Morgan fingerprint density at radius 3 is 2.38 bits per heavy atom. The van der Waals surface area contributed by atoms with Crippen LogP contribution < -0.4 is 9.47 Å². The monoisotopic (exact) mass is 304 g/mol. The zero-order chi connectivity index (χ0) is 15.1. The summed E-state index contributed by atoms with van der Waals surface area (Å²) in [6.45, 7) is 5.36. The Kier molecular flexibility index (Phi) is 5.81. The maximum absolute atomic E-state index is 12.4. The summed E-state index contributed by atoms with van der Waals surface area (Å²) in [4.78, 5) is 13.1. The predicted molar refractivity (Wildman–Crippen MR) is 85.8 cm³/mol. The number of carbonyl (C=O) groups excluding carboxylic acids is 1. The van der Waals surface area contributed by atoms with Crippen LogP contribution in [-0.2, 0) is 0 Å². The third kappa shape index (κ3) is 4.08. The summed E-state index contributed by atoms with van der Waals surface area (Å²) in [5, 5.41) is 1.90. The molecule has 0 radical (unpaired) electrons. The molecule has 4 heteroatoms. The molecule has 0 saturated heterocycles. The highest BCUT2D eigenvalue weighted by molar-refractivity contribution is 7.12. The van der Waals surface area contributed by atoms with Crippen molar-refractivity contribution >= 4 is 17.1 Å². The second-order valence-corrected chi connectivity index (χ2v) is 5.61. The molecule has 3 nitrogen and oxygen atoms in total. The zero-order valence-corrected chi connectivity index (χ0v) is 13.2. The van der Waals surface area contributed by atoms with E-state index < -0.39 is 0 Å². The van der Waals surface area contributed by atoms with Gasteiger partial charge in [0.25, 0.3) is 0 Å². The molecule has 0 atom stereocenters. The first-order valence-electron chi connectivity index (χ1n) is 7.24. The van der Waals surface area contributed by atoms with Gasteiger partial charge in [0.1, 0.15) is 0 Å². The molecule has 0 aliphatic heterocycles. The zero-order valence-electron chi connectivity index (χ0n) is 12.4. The number of hydrogen-bond acceptors (Lipinski definition) is 4. The number of rotatable bonds is 8. The van der Waals surface area contributed by atoms with Crippen LogP contribution >= 0.6 is 11.3 Å². The molecule has 1 aromatic carbocycles. The summed E-state index contributed by atoms with van der Waals surface area (Å²) < 4.78 is 11.4. The van der Waals surface area contributed by atoms with Gasteiger partial charge in [-0.3, -0.25) is 4.79 Å². The lowest BCUT2D eigenvalue weighted by Gasteiger charge is -2.13. The van der Waals surface area contributed by atoms with E-state index >= 15 is 0 Å². The van der Waals surface area contributed by atoms with Gasteiger partial charge in [-0.25, -0.2) is 0 Å². The minimum atomic E-state index is 0.0217. The first-order valence-corrected chi connectivity index (χ1v) is 8.12. The van der Waals surface area contributed by atoms with Crippen molar-refractivity contribution in [1.29, 1.82) is 0 Å². The molecular formula is C17H20O3S. The van der Waals surface area contributed by atoms with Crippen LogP contribution in [0.2, 0.25) is 0 Å². The van der Waals surface area contributed by atoms with Crippen molar-refractivity contribution in [2.45, 2.75) is 26.7 Å². The van der Waals surface area contributed by atoms with Crippen LogP contribution in [0.15, 0.2) is 35.7 Å². The number of benzene rings is 1. The van der Waals surface area contributed by atoms with E-state index in [1.807, 2.05) is 30.5 Å². The Labute approximate surface area is 129 Å². The number of hydrogen-bond donors (Lipinski definition) is 0. The van der Waals surface area contributed by atoms with Gasteiger partial charge >= 0.3 is 0 Å². The molecule has 0 amide bonds. The highest BCUT2D eigenvalue weighted by Crippen LogP contribution is 2.30. The lowest BCUT2D eigenvalue weighted by molar-refractivity contribution is 0.104. The lowest BCUT2D eigenvalue weighted by atomic mass is 10.1. The van der Waals surface area contributed by atoms with Crippen molar-refractivity contribution in [2.24, 2.45) is 0 Å². The Morgan fingerprint density at radius 2 is 1.76 bits per heavy atom. The molecule has 2 aromatic rings. The molecule has 0 bridgehead atoms. The van der Waals surface area contributed by atoms with Crippen molar-refractivity contribution in [2.75, 3.05) is 13.2 Å². The number of ether oxygens (including phenoxy) is 2. The molecule has 0 N–H and O–H groups in total. The predicted octanol–water partition coefficient (Wildman–Crippen LogP) is 4.56. The molecule has 2 rings (SSSR count). The van der Waals surface area contributed by atoms with Gasteiger partial charge in [0.05, 0.1) is 18.1 Å². The van der Waals surface area contributed by atoms with E-state index in [1.165, 1.54) is 11.3 Å². The molecular weight excluding hydrogens is 284 g/mol. The third-order valence-corrected chi connectivity index (χ3v) is 3.74. The van der Waals surface area contributed by atoms with Crippen molar-refractivity contribution in [3.63, 3.8) is 0 Å². The average molecular weight is 304 g/mol. The molecule has 0 saturated carbocycles. The van der Waals surface area contributed by atoms with Crippen molar-refractivity contribution in [1.82, 2.24) is 0 Å². The Hall–Kier alpha value is -1.81. The Morgan fingerprint density at radius 1 is 1.05 bits per heavy atom. The molecule has 1 aromatic heterocycles. The third-order valence-electron chi connectivity index (χ3n) is 2.87. The van der Waals surface area contributed by atoms with E-state index in [0.29, 0.717) is 30.3 Å². The van der Waals surface area contributed by atoms with Crippen LogP contribution in [-0.4, -0.2) is 19.0 Å². The number of carbonyl (C=O) groups is 1. The van der Waals surface area contributed by atoms with Crippen LogP contribution in [0, 0.1) is 0 Å². The molecule has 1 heterocycles. The molecule has 0 spiro atoms. The topological polar surface area (TPSA) is 35.5 Å². The van der Waals surface area contributed by atoms with Gasteiger partial charge in [-0.15, -0.1) is 11.3 Å². The highest BCUT2D eigenvalue weighted by Gasteiger charge is 2.14. The fraction of sp³-hybridized carbons (Fsp3) is 0.353. The lowest BCUT2D eigenvalue weighted by Crippen LogP contribution is -2.04. The fourth-order valence-electron chi connectivity index (χ4n) is 1.86. The van der Waals surface area contributed by atoms with Crippen molar-refractivity contribution in [3.8, 4) is 11.5 Å². The minimum Gasteiger partial charge on any atom is -0.490 e. The van der Waals surface area contributed by atoms with Crippen LogP contribution in [0.4, 0.5) is 0 Å². The Bertz CT molecular complexity index is 576. The van der Waals surface area contributed by atoms with Gasteiger partial charge in [0.2, 0.25) is 5.78 Å². The van der Waals surface area contributed by atoms with Gasteiger partial charge in [-0.2, -0.15) is 0 Å². The van der Waals surface area contributed by atoms with Gasteiger partial charge < -0.3 is 9.47 Å². The van der Waals surface area contributed by atoms with Gasteiger partial charge in [0, 0.05) is 5.56 Å². The largest absolute Gasteiger partial charge is 0.490 e. The Balaban J connectivity index is 2.25. The summed E-state index contributed by atoms with van der Waals surface area (Å²) in [5.41, 5.74) is 0.632. The van der Waals surface area contributed by atoms with E-state index in [9.17, 15) is 4.79 Å². The molecule has 0 aliphatic carbocycles. The summed E-state index contributed by atoms with van der Waals surface area (Å²) in [6.07, 6.45) is 1.85. The molecule has 112 valence electrons. The number of thiophene rings is 1. The van der Waals surface area contributed by atoms with Gasteiger partial charge in [-0.05, 0) is 42.5 Å². The maximum atomic E-state index is 12.4. The minimum absolute atomic E-state index is 0.0217. The summed E-state index contributed by atoms with van der Waals surface area (Å²) in [6, 6.07) is 9.11. The normalized spacial score (nSPS) is 10.4. The van der Waals surface area contributed by atoms with Crippen LogP contribution in [0.1, 0.15) is 41.9 Å². The first kappa shape index (κ1) is 15.6. The van der Waals surface area contributed by atoms with E-state index in [2.05, 4.69) is 6.92 Å². The van der Waals surface area contributed by atoms with Crippen LogP contribution in [0.25, 0.3) is 0 Å². The average Bonchev–Trinajstić information content (AvgIpc) is 3.04. The molecule has 0 aliphatic rings. The molecule has 0 unspecified atom stereocenters. The van der Waals surface area contributed by atoms with Gasteiger partial charge in [-0.1, -0.05) is 19.9 Å². The van der Waals surface area contributed by atoms with Gasteiger partial charge in [0.15, 0.2) is 11.5 Å². The summed E-state index contributed by atoms with van der Waals surface area (Å²) in [5.74, 6) is 1.37. The quantitative estimate of drug-likeness (QED) is 0.671. The van der Waals surface area contributed by atoms with E-state index in [1.54, 1.807) is 12.1 Å². The van der Waals surface area contributed by atoms with E-state index in [4.69, 9.17) is 9.47 Å². The van der Waals surface area contributed by atoms with E-state index in [0.717, 1.165) is 17.7 Å². The van der Waals surface area contributed by atoms with Crippen molar-refractivity contribution in [3.05, 3.63) is 46.2 Å². The second-order valence-electron chi connectivity index (χ2n) is 4.66. The maximum Gasteiger partial charge on any atom is 0.203 e. The van der Waals surface area contributed by atoms with Crippen LogP contribution in [0.3, 0.4) is 0 Å². The molecule has 21 heavy (non-hydrogen) atoms. The molecule has 0 fully saturated rings.